The molecule has 0 amide bonds. The van der Waals surface area contributed by atoms with Gasteiger partial charge in [-0.2, -0.15) is 5.10 Å². The fourth-order valence-electron chi connectivity index (χ4n) is 1.95. The topological polar surface area (TPSA) is 96.1 Å². The summed E-state index contributed by atoms with van der Waals surface area (Å²) in [6, 6.07) is 8.49. The Bertz CT molecular complexity index is 743. The number of aromatic nitrogens is 4. The molecule has 0 radical (unpaired) electrons. The van der Waals surface area contributed by atoms with E-state index in [4.69, 9.17) is 0 Å². The number of anilines is 1. The lowest BCUT2D eigenvalue weighted by Crippen LogP contribution is -2.06. The molecule has 0 saturated carbocycles. The Balaban J connectivity index is 1.85. The first-order valence-electron chi connectivity index (χ1n) is 6.29. The fourth-order valence-corrected chi connectivity index (χ4v) is 1.95. The van der Waals surface area contributed by atoms with Crippen molar-refractivity contribution in [1.29, 1.82) is 0 Å². The van der Waals surface area contributed by atoms with E-state index in [-0.39, 0.29) is 11.5 Å². The number of hydrogen-bond acceptors (Lipinski definition) is 6. The van der Waals surface area contributed by atoms with Crippen LogP contribution >= 0.6 is 0 Å². The van der Waals surface area contributed by atoms with E-state index in [1.807, 2.05) is 6.07 Å². The SMILES string of the molecule is Oc1cccc(CNc2cccnc2-n2cncn2)c1O. The maximum atomic E-state index is 9.80. The summed E-state index contributed by atoms with van der Waals surface area (Å²) in [5, 5.41) is 26.5. The third-order valence-corrected chi connectivity index (χ3v) is 2.99. The van der Waals surface area contributed by atoms with Gasteiger partial charge in [-0.3, -0.25) is 0 Å². The summed E-state index contributed by atoms with van der Waals surface area (Å²) < 4.78 is 1.55. The van der Waals surface area contributed by atoms with Gasteiger partial charge in [0.1, 0.15) is 12.7 Å². The molecule has 0 aliphatic heterocycles. The number of rotatable bonds is 4. The number of pyridine rings is 1. The van der Waals surface area contributed by atoms with E-state index in [0.29, 0.717) is 17.9 Å². The Kier molecular flexibility index (Phi) is 3.38. The molecular formula is C14H13N5O2. The van der Waals surface area contributed by atoms with Crippen LogP contribution in [0.5, 0.6) is 11.5 Å². The van der Waals surface area contributed by atoms with Crippen LogP contribution in [0.25, 0.3) is 5.82 Å². The van der Waals surface area contributed by atoms with Gasteiger partial charge in [-0.15, -0.1) is 0 Å². The van der Waals surface area contributed by atoms with Gasteiger partial charge in [-0.1, -0.05) is 12.1 Å². The van der Waals surface area contributed by atoms with Crippen LogP contribution < -0.4 is 5.32 Å². The van der Waals surface area contributed by atoms with E-state index in [1.165, 1.54) is 12.4 Å². The molecule has 7 heteroatoms. The highest BCUT2D eigenvalue weighted by atomic mass is 16.3. The van der Waals surface area contributed by atoms with Crippen molar-refractivity contribution in [3.8, 4) is 17.3 Å². The number of phenols is 2. The monoisotopic (exact) mass is 283 g/mol. The quantitative estimate of drug-likeness (QED) is 0.630. The molecule has 0 spiro atoms. The second-order valence-electron chi connectivity index (χ2n) is 4.35. The van der Waals surface area contributed by atoms with Gasteiger partial charge in [-0.25, -0.2) is 14.6 Å². The predicted octanol–water partition coefficient (Wildman–Crippen LogP) is 1.69. The lowest BCUT2D eigenvalue weighted by molar-refractivity contribution is 0.400. The molecule has 0 bridgehead atoms. The Morgan fingerprint density at radius 2 is 2.05 bits per heavy atom. The average Bonchev–Trinajstić information content (AvgIpc) is 3.03. The Morgan fingerprint density at radius 1 is 1.14 bits per heavy atom. The Morgan fingerprint density at radius 3 is 2.86 bits per heavy atom. The van der Waals surface area contributed by atoms with Gasteiger partial charge in [0.25, 0.3) is 0 Å². The highest BCUT2D eigenvalue weighted by Gasteiger charge is 2.09. The molecule has 21 heavy (non-hydrogen) atoms. The van der Waals surface area contributed by atoms with Crippen molar-refractivity contribution in [2.75, 3.05) is 5.32 Å². The second-order valence-corrected chi connectivity index (χ2v) is 4.35. The molecule has 1 aromatic carbocycles. The van der Waals surface area contributed by atoms with Crippen LogP contribution in [-0.4, -0.2) is 30.0 Å². The minimum atomic E-state index is -0.142. The molecule has 0 fully saturated rings. The summed E-state index contributed by atoms with van der Waals surface area (Å²) in [5.74, 6) is 0.336. The molecule has 0 unspecified atom stereocenters. The van der Waals surface area contributed by atoms with Crippen molar-refractivity contribution in [3.63, 3.8) is 0 Å². The van der Waals surface area contributed by atoms with Gasteiger partial charge in [-0.05, 0) is 18.2 Å². The molecule has 2 heterocycles. The van der Waals surface area contributed by atoms with Gasteiger partial charge in [0.15, 0.2) is 17.3 Å². The lowest BCUT2D eigenvalue weighted by atomic mass is 10.2. The van der Waals surface area contributed by atoms with E-state index in [9.17, 15) is 10.2 Å². The van der Waals surface area contributed by atoms with Gasteiger partial charge < -0.3 is 15.5 Å². The van der Waals surface area contributed by atoms with Gasteiger partial charge >= 0.3 is 0 Å². The number of phenolic OH excluding ortho intramolecular Hbond substituents is 2. The van der Waals surface area contributed by atoms with Crippen LogP contribution in [0.4, 0.5) is 5.69 Å². The molecule has 3 rings (SSSR count). The average molecular weight is 283 g/mol. The molecule has 0 aliphatic carbocycles. The number of benzene rings is 1. The third kappa shape index (κ3) is 2.62. The fraction of sp³-hybridized carbons (Fsp3) is 0.0714. The van der Waals surface area contributed by atoms with Crippen LogP contribution in [-0.2, 0) is 6.54 Å². The largest absolute Gasteiger partial charge is 0.504 e. The smallest absolute Gasteiger partial charge is 0.178 e. The minimum absolute atomic E-state index is 0.129. The van der Waals surface area contributed by atoms with E-state index >= 15 is 0 Å². The van der Waals surface area contributed by atoms with Crippen molar-refractivity contribution in [2.45, 2.75) is 6.54 Å². The molecule has 0 aliphatic rings. The van der Waals surface area contributed by atoms with Crippen molar-refractivity contribution >= 4 is 5.69 Å². The normalized spacial score (nSPS) is 10.5. The number of nitrogens with one attached hydrogen (secondary N) is 1. The van der Waals surface area contributed by atoms with Crippen LogP contribution in [0.1, 0.15) is 5.56 Å². The molecular weight excluding hydrogens is 270 g/mol. The summed E-state index contributed by atoms with van der Waals surface area (Å²) in [6.07, 6.45) is 4.65. The van der Waals surface area contributed by atoms with Crippen molar-refractivity contribution in [3.05, 3.63) is 54.7 Å². The van der Waals surface area contributed by atoms with Crippen molar-refractivity contribution in [2.24, 2.45) is 0 Å². The van der Waals surface area contributed by atoms with Crippen LogP contribution in [0.15, 0.2) is 49.2 Å². The van der Waals surface area contributed by atoms with Crippen molar-refractivity contribution < 1.29 is 10.2 Å². The van der Waals surface area contributed by atoms with Gasteiger partial charge in [0.05, 0.1) is 5.69 Å². The summed E-state index contributed by atoms with van der Waals surface area (Å²) in [5.41, 5.74) is 1.33. The first-order valence-corrected chi connectivity index (χ1v) is 6.29. The third-order valence-electron chi connectivity index (χ3n) is 2.99. The number of para-hydroxylation sites is 1. The molecule has 3 aromatic rings. The summed E-state index contributed by atoms with van der Waals surface area (Å²) in [4.78, 5) is 8.15. The summed E-state index contributed by atoms with van der Waals surface area (Å²) in [6.45, 7) is 0.341. The molecule has 0 atom stereocenters. The molecule has 7 nitrogen and oxygen atoms in total. The van der Waals surface area contributed by atoms with E-state index in [0.717, 1.165) is 5.69 Å². The van der Waals surface area contributed by atoms with E-state index in [2.05, 4.69) is 20.4 Å². The highest BCUT2D eigenvalue weighted by molar-refractivity contribution is 5.57. The zero-order valence-corrected chi connectivity index (χ0v) is 11.0. The van der Waals surface area contributed by atoms with E-state index in [1.54, 1.807) is 35.4 Å². The maximum Gasteiger partial charge on any atom is 0.178 e. The molecule has 2 aromatic heterocycles. The second kappa shape index (κ2) is 5.49. The molecule has 0 saturated heterocycles. The number of aromatic hydroxyl groups is 2. The Hall–Kier alpha value is -3.09. The Labute approximate surface area is 120 Å². The molecule has 3 N–H and O–H groups in total. The van der Waals surface area contributed by atoms with E-state index < -0.39 is 0 Å². The van der Waals surface area contributed by atoms with Gasteiger partial charge in [0.2, 0.25) is 0 Å². The van der Waals surface area contributed by atoms with Crippen LogP contribution in [0, 0.1) is 0 Å². The predicted molar refractivity (Wildman–Crippen MR) is 76.3 cm³/mol. The zero-order valence-electron chi connectivity index (χ0n) is 11.0. The van der Waals surface area contributed by atoms with Crippen LogP contribution in [0.2, 0.25) is 0 Å². The lowest BCUT2D eigenvalue weighted by Gasteiger charge is -2.11. The number of hydrogen-bond donors (Lipinski definition) is 3. The van der Waals surface area contributed by atoms with Crippen LogP contribution in [0.3, 0.4) is 0 Å². The number of nitrogens with zero attached hydrogens (tertiary/aromatic N) is 4. The van der Waals surface area contributed by atoms with Crippen molar-refractivity contribution in [1.82, 2.24) is 19.7 Å². The molecule has 106 valence electrons. The highest BCUT2D eigenvalue weighted by Crippen LogP contribution is 2.29. The minimum Gasteiger partial charge on any atom is -0.504 e. The summed E-state index contributed by atoms with van der Waals surface area (Å²) in [7, 11) is 0. The maximum absolute atomic E-state index is 9.80. The first-order chi connectivity index (χ1) is 10.3. The van der Waals surface area contributed by atoms with Gasteiger partial charge in [0, 0.05) is 18.3 Å². The summed E-state index contributed by atoms with van der Waals surface area (Å²) >= 11 is 0. The first kappa shape index (κ1) is 12.9. The zero-order chi connectivity index (χ0) is 14.7. The standard InChI is InChI=1S/C14H13N5O2/c20-12-5-1-3-10(13(12)21)7-17-11-4-2-6-16-14(11)19-9-15-8-18-19/h1-6,8-9,17,20-21H,7H2.